The smallest absolute Gasteiger partial charge is 0.132 e. The lowest BCUT2D eigenvalue weighted by Crippen LogP contribution is -2.01. The van der Waals surface area contributed by atoms with Gasteiger partial charge in [-0.15, -0.1) is 11.3 Å². The van der Waals surface area contributed by atoms with E-state index in [4.69, 9.17) is 19.6 Å². The number of aromatic amines is 1. The van der Waals surface area contributed by atoms with Gasteiger partial charge in [0.1, 0.15) is 11.5 Å². The fourth-order valence-electron chi connectivity index (χ4n) is 6.24. The first kappa shape index (κ1) is 39.4. The molecule has 6 heteroatoms. The molecule has 0 saturated heterocycles. The van der Waals surface area contributed by atoms with E-state index < -0.39 is 0 Å². The minimum absolute atomic E-state index is 0.686. The van der Waals surface area contributed by atoms with Gasteiger partial charge in [0, 0.05) is 27.6 Å². The van der Waals surface area contributed by atoms with Gasteiger partial charge < -0.3 is 9.47 Å². The van der Waals surface area contributed by atoms with Crippen molar-refractivity contribution < 1.29 is 9.47 Å². The molecule has 3 heterocycles. The number of aryl methyl sites for hydroxylation is 2. The van der Waals surface area contributed by atoms with Gasteiger partial charge in [-0.05, 0) is 92.1 Å². The third kappa shape index (κ3) is 13.4. The van der Waals surface area contributed by atoms with Crippen LogP contribution < -0.4 is 9.47 Å². The Morgan fingerprint density at radius 2 is 1.32 bits per heavy atom. The van der Waals surface area contributed by atoms with Gasteiger partial charge in [0.05, 0.1) is 30.3 Å². The molecule has 0 aliphatic heterocycles. The van der Waals surface area contributed by atoms with Crippen molar-refractivity contribution in [2.45, 2.75) is 143 Å². The molecule has 50 heavy (non-hydrogen) atoms. The average Bonchev–Trinajstić information content (AvgIpc) is 3.79. The summed E-state index contributed by atoms with van der Waals surface area (Å²) < 4.78 is 12.5. The minimum Gasteiger partial charge on any atom is -0.493 e. The van der Waals surface area contributed by atoms with Crippen molar-refractivity contribution in [3.8, 4) is 34.1 Å². The summed E-state index contributed by atoms with van der Waals surface area (Å²) in [4.78, 5) is 7.65. The lowest BCUT2D eigenvalue weighted by atomic mass is 10.0. The molecule has 0 amide bonds. The first-order chi connectivity index (χ1) is 24.6. The highest BCUT2D eigenvalue weighted by Gasteiger charge is 2.14. The van der Waals surface area contributed by atoms with E-state index >= 15 is 0 Å². The molecule has 1 N–H and O–H groups in total. The minimum atomic E-state index is 0.686. The summed E-state index contributed by atoms with van der Waals surface area (Å²) >= 11 is 1.98. The van der Waals surface area contributed by atoms with Crippen molar-refractivity contribution in [2.75, 3.05) is 13.2 Å². The second kappa shape index (κ2) is 23.2. The summed E-state index contributed by atoms with van der Waals surface area (Å²) in [6, 6.07) is 15.0. The molecular formula is C44H63N3O2S. The van der Waals surface area contributed by atoms with Crippen molar-refractivity contribution in [3.05, 3.63) is 69.5 Å². The number of H-pyrrole nitrogens is 1. The van der Waals surface area contributed by atoms with Gasteiger partial charge in [-0.2, -0.15) is 5.10 Å². The summed E-state index contributed by atoms with van der Waals surface area (Å²) in [7, 11) is 0. The van der Waals surface area contributed by atoms with E-state index in [1.54, 1.807) is 0 Å². The first-order valence-electron chi connectivity index (χ1n) is 19.9. The number of hydrogen-bond acceptors (Lipinski definition) is 5. The molecule has 0 spiro atoms. The molecular weight excluding hydrogens is 635 g/mol. The molecule has 4 rings (SSSR count). The Morgan fingerprint density at radius 3 is 2.04 bits per heavy atom. The van der Waals surface area contributed by atoms with Crippen molar-refractivity contribution in [2.24, 2.45) is 0 Å². The fourth-order valence-corrected chi connectivity index (χ4v) is 7.40. The summed E-state index contributed by atoms with van der Waals surface area (Å²) in [5, 5.41) is 7.97. The molecule has 0 radical (unpaired) electrons. The summed E-state index contributed by atoms with van der Waals surface area (Å²) in [5.41, 5.74) is 6.23. The van der Waals surface area contributed by atoms with Gasteiger partial charge >= 0.3 is 0 Å². The van der Waals surface area contributed by atoms with Crippen molar-refractivity contribution >= 4 is 23.5 Å². The number of thiophene rings is 1. The Bertz CT molecular complexity index is 1540. The normalized spacial score (nSPS) is 11.5. The zero-order chi connectivity index (χ0) is 35.2. The van der Waals surface area contributed by atoms with E-state index in [2.05, 4.69) is 75.3 Å². The van der Waals surface area contributed by atoms with Gasteiger partial charge in [-0.1, -0.05) is 111 Å². The lowest BCUT2D eigenvalue weighted by molar-refractivity contribution is 0.291. The third-order valence-corrected chi connectivity index (χ3v) is 10.5. The molecule has 0 aliphatic carbocycles. The van der Waals surface area contributed by atoms with E-state index in [9.17, 15) is 0 Å². The number of pyridine rings is 1. The number of ether oxygens (including phenoxy) is 2. The highest BCUT2D eigenvalue weighted by Crippen LogP contribution is 2.35. The zero-order valence-electron chi connectivity index (χ0n) is 31.5. The van der Waals surface area contributed by atoms with Crippen LogP contribution in [-0.4, -0.2) is 28.4 Å². The standard InChI is InChI=1S/C44H63N3O2S/c1-5-9-13-17-21-36-32-38(22-18-14-10-6-2)50-44(36)26-23-35-27-28-45-41(31-35)42-34-40(46-47-42)39-25-24-37(48-29-19-15-11-7-3)33-43(39)49-30-20-16-12-8-4/h23-28,31-34H,5-22,29-30H2,1-4H3,(H,46,47)/b26-23+. The topological polar surface area (TPSA) is 60.0 Å². The molecule has 5 nitrogen and oxygen atoms in total. The number of nitrogens with zero attached hydrogens (tertiary/aromatic N) is 2. The summed E-state index contributed by atoms with van der Waals surface area (Å²) in [5.74, 6) is 1.67. The number of rotatable bonds is 26. The van der Waals surface area contributed by atoms with E-state index in [1.807, 2.05) is 29.7 Å². The monoisotopic (exact) mass is 697 g/mol. The average molecular weight is 698 g/mol. The summed E-state index contributed by atoms with van der Waals surface area (Å²) in [6.07, 6.45) is 28.6. The number of benzene rings is 1. The van der Waals surface area contributed by atoms with Crippen LogP contribution in [0.5, 0.6) is 11.5 Å². The maximum Gasteiger partial charge on any atom is 0.132 e. The molecule has 0 bridgehead atoms. The number of nitrogens with one attached hydrogen (secondary N) is 1. The quantitative estimate of drug-likeness (QED) is 0.0664. The molecule has 0 unspecified atom stereocenters. The third-order valence-electron chi connectivity index (χ3n) is 9.29. The second-order valence-corrected chi connectivity index (χ2v) is 14.8. The van der Waals surface area contributed by atoms with Crippen molar-refractivity contribution in [1.82, 2.24) is 15.2 Å². The first-order valence-corrected chi connectivity index (χ1v) is 20.7. The molecule has 1 aromatic carbocycles. The Hall–Kier alpha value is -3.38. The zero-order valence-corrected chi connectivity index (χ0v) is 32.4. The Kier molecular flexibility index (Phi) is 18.3. The fraction of sp³-hybridized carbons (Fsp3) is 0.545. The molecule has 0 atom stereocenters. The number of aromatic nitrogens is 3. The van der Waals surface area contributed by atoms with Crippen LogP contribution in [-0.2, 0) is 12.8 Å². The SMILES string of the molecule is CCCCCCOc1ccc(-c2cc(-c3cc(/C=C/c4sc(CCCCCC)cc4CCCCCC)ccn3)[nH]n2)c(OCCCCCC)c1. The number of hydrogen-bond donors (Lipinski definition) is 1. The molecule has 0 fully saturated rings. The van der Waals surface area contributed by atoms with Crippen LogP contribution in [0.4, 0.5) is 0 Å². The lowest BCUT2D eigenvalue weighted by Gasteiger charge is -2.13. The van der Waals surface area contributed by atoms with E-state index in [0.29, 0.717) is 6.61 Å². The van der Waals surface area contributed by atoms with Crippen LogP contribution in [0.25, 0.3) is 34.8 Å². The highest BCUT2D eigenvalue weighted by molar-refractivity contribution is 7.13. The maximum atomic E-state index is 6.35. The van der Waals surface area contributed by atoms with E-state index in [1.165, 1.54) is 118 Å². The van der Waals surface area contributed by atoms with E-state index in [0.717, 1.165) is 59.2 Å². The Balaban J connectivity index is 1.49. The van der Waals surface area contributed by atoms with Crippen LogP contribution in [0.2, 0.25) is 0 Å². The van der Waals surface area contributed by atoms with E-state index in [-0.39, 0.29) is 0 Å². The summed E-state index contributed by atoms with van der Waals surface area (Å²) in [6.45, 7) is 10.4. The second-order valence-electron chi connectivity index (χ2n) is 13.7. The molecule has 4 aromatic rings. The van der Waals surface area contributed by atoms with Gasteiger partial charge in [0.2, 0.25) is 0 Å². The molecule has 3 aromatic heterocycles. The molecule has 0 saturated carbocycles. The molecule has 0 aliphatic rings. The van der Waals surface area contributed by atoms with Crippen molar-refractivity contribution in [1.29, 1.82) is 0 Å². The van der Waals surface area contributed by atoms with Crippen LogP contribution >= 0.6 is 11.3 Å². The van der Waals surface area contributed by atoms with Crippen LogP contribution in [0.3, 0.4) is 0 Å². The van der Waals surface area contributed by atoms with Gasteiger partial charge in [-0.3, -0.25) is 10.1 Å². The van der Waals surface area contributed by atoms with Crippen LogP contribution in [0.15, 0.2) is 48.7 Å². The highest BCUT2D eigenvalue weighted by atomic mass is 32.1. The Labute approximate surface area is 307 Å². The molecule has 272 valence electrons. The van der Waals surface area contributed by atoms with Gasteiger partial charge in [0.15, 0.2) is 0 Å². The predicted octanol–water partition coefficient (Wildman–Crippen LogP) is 13.5. The van der Waals surface area contributed by atoms with Crippen LogP contribution in [0.1, 0.15) is 151 Å². The van der Waals surface area contributed by atoms with Gasteiger partial charge in [0.25, 0.3) is 0 Å². The van der Waals surface area contributed by atoms with Crippen LogP contribution in [0, 0.1) is 0 Å². The van der Waals surface area contributed by atoms with Gasteiger partial charge in [-0.25, -0.2) is 0 Å². The number of unbranched alkanes of at least 4 members (excludes halogenated alkanes) is 12. The largest absolute Gasteiger partial charge is 0.493 e. The predicted molar refractivity (Wildman–Crippen MR) is 215 cm³/mol. The van der Waals surface area contributed by atoms with Crippen molar-refractivity contribution in [3.63, 3.8) is 0 Å². The Morgan fingerprint density at radius 1 is 0.640 bits per heavy atom. The maximum absolute atomic E-state index is 6.35.